The molecule has 0 fully saturated rings. The van der Waals surface area contributed by atoms with Gasteiger partial charge < -0.3 is 14.8 Å². The smallest absolute Gasteiger partial charge is 0.180 e. The summed E-state index contributed by atoms with van der Waals surface area (Å²) in [6.07, 6.45) is 2.59. The molecule has 0 saturated heterocycles. The Morgan fingerprint density at radius 2 is 2.53 bits per heavy atom. The fourth-order valence-corrected chi connectivity index (χ4v) is 1.95. The second kappa shape index (κ2) is 5.06. The summed E-state index contributed by atoms with van der Waals surface area (Å²) < 4.78 is 5.05. The first-order chi connectivity index (χ1) is 7.36. The SMILES string of the molecule is OC(CNCc1cnco1)c1ccsc1. The van der Waals surface area contributed by atoms with E-state index in [1.165, 1.54) is 6.39 Å². The lowest BCUT2D eigenvalue weighted by molar-refractivity contribution is 0.174. The van der Waals surface area contributed by atoms with Gasteiger partial charge in [0.2, 0.25) is 0 Å². The molecule has 2 aromatic heterocycles. The van der Waals surface area contributed by atoms with E-state index in [0.29, 0.717) is 13.1 Å². The lowest BCUT2D eigenvalue weighted by atomic mass is 10.2. The van der Waals surface area contributed by atoms with Gasteiger partial charge in [-0.15, -0.1) is 0 Å². The summed E-state index contributed by atoms with van der Waals surface area (Å²) in [5.74, 6) is 0.771. The monoisotopic (exact) mass is 224 g/mol. The van der Waals surface area contributed by atoms with Gasteiger partial charge >= 0.3 is 0 Å². The van der Waals surface area contributed by atoms with Crippen LogP contribution in [0.4, 0.5) is 0 Å². The summed E-state index contributed by atoms with van der Waals surface area (Å²) in [5, 5.41) is 16.7. The van der Waals surface area contributed by atoms with E-state index in [9.17, 15) is 5.11 Å². The van der Waals surface area contributed by atoms with Crippen molar-refractivity contribution in [2.45, 2.75) is 12.6 Å². The number of hydrogen-bond donors (Lipinski definition) is 2. The number of aromatic nitrogens is 1. The van der Waals surface area contributed by atoms with Crippen molar-refractivity contribution in [3.8, 4) is 0 Å². The lowest BCUT2D eigenvalue weighted by Gasteiger charge is -2.08. The molecule has 80 valence electrons. The van der Waals surface area contributed by atoms with Gasteiger partial charge in [-0.3, -0.25) is 0 Å². The lowest BCUT2D eigenvalue weighted by Crippen LogP contribution is -2.20. The third-order valence-electron chi connectivity index (χ3n) is 2.05. The Labute approximate surface area is 91.6 Å². The summed E-state index contributed by atoms with van der Waals surface area (Å²) in [4.78, 5) is 3.80. The summed E-state index contributed by atoms with van der Waals surface area (Å²) in [5.41, 5.74) is 0.949. The number of aliphatic hydroxyl groups is 1. The third kappa shape index (κ3) is 2.89. The Morgan fingerprint density at radius 1 is 1.60 bits per heavy atom. The fourth-order valence-electron chi connectivity index (χ4n) is 1.24. The molecule has 5 heteroatoms. The standard InChI is InChI=1S/C10H12N2O2S/c13-10(8-1-2-15-6-8)5-11-3-9-4-12-7-14-9/h1-2,4,6-7,10-11,13H,3,5H2. The number of thiophene rings is 1. The maximum atomic E-state index is 9.74. The second-order valence-corrected chi connectivity index (χ2v) is 3.95. The van der Waals surface area contributed by atoms with Crippen LogP contribution in [0, 0.1) is 0 Å². The van der Waals surface area contributed by atoms with Crippen molar-refractivity contribution in [2.24, 2.45) is 0 Å². The highest BCUT2D eigenvalue weighted by atomic mass is 32.1. The maximum absolute atomic E-state index is 9.74. The first-order valence-electron chi connectivity index (χ1n) is 4.64. The van der Waals surface area contributed by atoms with Crippen molar-refractivity contribution < 1.29 is 9.52 Å². The average molecular weight is 224 g/mol. The van der Waals surface area contributed by atoms with E-state index in [4.69, 9.17) is 4.42 Å². The molecule has 2 rings (SSSR count). The summed E-state index contributed by atoms with van der Waals surface area (Å²) in [6, 6.07) is 1.92. The second-order valence-electron chi connectivity index (χ2n) is 3.17. The van der Waals surface area contributed by atoms with Crippen LogP contribution in [-0.2, 0) is 6.54 Å². The molecule has 1 unspecified atom stereocenters. The molecule has 0 radical (unpaired) electrons. The molecule has 0 aliphatic rings. The van der Waals surface area contributed by atoms with Crippen molar-refractivity contribution >= 4 is 11.3 Å². The zero-order chi connectivity index (χ0) is 10.5. The first kappa shape index (κ1) is 10.4. The molecular formula is C10H12N2O2S. The Balaban J connectivity index is 1.74. The number of aliphatic hydroxyl groups excluding tert-OH is 1. The van der Waals surface area contributed by atoms with Crippen LogP contribution in [0.2, 0.25) is 0 Å². The molecular weight excluding hydrogens is 212 g/mol. The van der Waals surface area contributed by atoms with Crippen LogP contribution in [0.3, 0.4) is 0 Å². The highest BCUT2D eigenvalue weighted by molar-refractivity contribution is 7.07. The molecule has 0 saturated carbocycles. The van der Waals surface area contributed by atoms with Gasteiger partial charge in [-0.25, -0.2) is 4.98 Å². The number of oxazole rings is 1. The van der Waals surface area contributed by atoms with Crippen LogP contribution in [-0.4, -0.2) is 16.6 Å². The topological polar surface area (TPSA) is 58.3 Å². The van der Waals surface area contributed by atoms with Gasteiger partial charge in [0.15, 0.2) is 6.39 Å². The van der Waals surface area contributed by atoms with Crippen LogP contribution < -0.4 is 5.32 Å². The van der Waals surface area contributed by atoms with Crippen LogP contribution in [0.25, 0.3) is 0 Å². The molecule has 4 nitrogen and oxygen atoms in total. The summed E-state index contributed by atoms with van der Waals surface area (Å²) in [7, 11) is 0. The molecule has 2 heterocycles. The van der Waals surface area contributed by atoms with Crippen molar-refractivity contribution in [3.63, 3.8) is 0 Å². The van der Waals surface area contributed by atoms with E-state index in [0.717, 1.165) is 11.3 Å². The molecule has 0 spiro atoms. The van der Waals surface area contributed by atoms with Gasteiger partial charge in [0.25, 0.3) is 0 Å². The molecule has 15 heavy (non-hydrogen) atoms. The van der Waals surface area contributed by atoms with Crippen molar-refractivity contribution in [3.05, 3.63) is 40.7 Å². The van der Waals surface area contributed by atoms with Crippen LogP contribution in [0.5, 0.6) is 0 Å². The van der Waals surface area contributed by atoms with E-state index in [-0.39, 0.29) is 0 Å². The van der Waals surface area contributed by atoms with Gasteiger partial charge in [0.1, 0.15) is 5.76 Å². The van der Waals surface area contributed by atoms with Crippen molar-refractivity contribution in [1.29, 1.82) is 0 Å². The third-order valence-corrected chi connectivity index (χ3v) is 2.75. The predicted octanol–water partition coefficient (Wildman–Crippen LogP) is 1.56. The molecule has 0 aromatic carbocycles. The van der Waals surface area contributed by atoms with Gasteiger partial charge in [-0.2, -0.15) is 11.3 Å². The highest BCUT2D eigenvalue weighted by Gasteiger charge is 2.07. The summed E-state index contributed by atoms with van der Waals surface area (Å²) in [6.45, 7) is 1.10. The zero-order valence-electron chi connectivity index (χ0n) is 8.09. The Hall–Kier alpha value is -1.17. The minimum absolute atomic E-state index is 0.459. The number of nitrogens with one attached hydrogen (secondary N) is 1. The molecule has 1 atom stereocenters. The molecule has 0 amide bonds. The van der Waals surface area contributed by atoms with E-state index < -0.39 is 6.10 Å². The highest BCUT2D eigenvalue weighted by Crippen LogP contribution is 2.15. The van der Waals surface area contributed by atoms with Gasteiger partial charge in [-0.05, 0) is 22.4 Å². The Bertz CT molecular complexity index is 372. The molecule has 0 aliphatic heterocycles. The maximum Gasteiger partial charge on any atom is 0.180 e. The van der Waals surface area contributed by atoms with Gasteiger partial charge in [-0.1, -0.05) is 0 Å². The van der Waals surface area contributed by atoms with E-state index >= 15 is 0 Å². The molecule has 2 N–H and O–H groups in total. The van der Waals surface area contributed by atoms with Crippen molar-refractivity contribution in [1.82, 2.24) is 10.3 Å². The first-order valence-corrected chi connectivity index (χ1v) is 5.59. The van der Waals surface area contributed by atoms with Crippen molar-refractivity contribution in [2.75, 3.05) is 6.54 Å². The summed E-state index contributed by atoms with van der Waals surface area (Å²) >= 11 is 1.58. The quantitative estimate of drug-likeness (QED) is 0.809. The molecule has 0 aliphatic carbocycles. The molecule has 2 aromatic rings. The van der Waals surface area contributed by atoms with Crippen LogP contribution >= 0.6 is 11.3 Å². The Morgan fingerprint density at radius 3 is 3.20 bits per heavy atom. The zero-order valence-corrected chi connectivity index (χ0v) is 8.91. The molecule has 0 bridgehead atoms. The van der Waals surface area contributed by atoms with E-state index in [1.54, 1.807) is 17.5 Å². The van der Waals surface area contributed by atoms with Crippen LogP contribution in [0.15, 0.2) is 33.8 Å². The van der Waals surface area contributed by atoms with E-state index in [1.807, 2.05) is 16.8 Å². The number of nitrogens with zero attached hydrogens (tertiary/aromatic N) is 1. The Kier molecular flexibility index (Phi) is 3.49. The normalized spacial score (nSPS) is 12.9. The van der Waals surface area contributed by atoms with E-state index in [2.05, 4.69) is 10.3 Å². The number of rotatable bonds is 5. The fraction of sp³-hybridized carbons (Fsp3) is 0.300. The minimum Gasteiger partial charge on any atom is -0.447 e. The minimum atomic E-state index is -0.459. The van der Waals surface area contributed by atoms with Gasteiger partial charge in [0.05, 0.1) is 18.8 Å². The van der Waals surface area contributed by atoms with Crippen LogP contribution in [0.1, 0.15) is 17.4 Å². The largest absolute Gasteiger partial charge is 0.447 e. The number of hydrogen-bond acceptors (Lipinski definition) is 5. The average Bonchev–Trinajstić information content (AvgIpc) is 2.90. The predicted molar refractivity (Wildman–Crippen MR) is 57.5 cm³/mol. The van der Waals surface area contributed by atoms with Gasteiger partial charge in [0, 0.05) is 6.54 Å².